The van der Waals surface area contributed by atoms with E-state index in [-0.39, 0.29) is 11.9 Å². The summed E-state index contributed by atoms with van der Waals surface area (Å²) in [5.74, 6) is 0.515. The Labute approximate surface area is 150 Å². The topological polar surface area (TPSA) is 52.7 Å². The maximum Gasteiger partial charge on any atom is 0.321 e. The molecule has 1 aliphatic carbocycles. The summed E-state index contributed by atoms with van der Waals surface area (Å²) >= 11 is 0. The van der Waals surface area contributed by atoms with Gasteiger partial charge in [0.15, 0.2) is 0 Å². The number of nitrogens with one attached hydrogen (secondary N) is 1. The van der Waals surface area contributed by atoms with E-state index in [4.69, 9.17) is 0 Å². The monoisotopic (exact) mass is 343 g/mol. The molecule has 0 aromatic heterocycles. The van der Waals surface area contributed by atoms with Crippen LogP contribution in [0.15, 0.2) is 24.3 Å². The Morgan fingerprint density at radius 1 is 1.04 bits per heavy atom. The first-order chi connectivity index (χ1) is 12.2. The lowest BCUT2D eigenvalue weighted by Gasteiger charge is -2.37. The van der Waals surface area contributed by atoms with Crippen molar-refractivity contribution in [3.05, 3.63) is 29.8 Å². The van der Waals surface area contributed by atoms with Gasteiger partial charge in [0.1, 0.15) is 0 Å². The van der Waals surface area contributed by atoms with E-state index in [1.165, 1.54) is 24.8 Å². The number of benzene rings is 1. The summed E-state index contributed by atoms with van der Waals surface area (Å²) in [6.45, 7) is 4.62. The van der Waals surface area contributed by atoms with Crippen LogP contribution in [0.1, 0.15) is 44.6 Å². The molecule has 3 rings (SSSR count). The van der Waals surface area contributed by atoms with Crippen LogP contribution >= 0.6 is 0 Å². The van der Waals surface area contributed by atoms with E-state index in [2.05, 4.69) is 18.3 Å². The van der Waals surface area contributed by atoms with Gasteiger partial charge in [0, 0.05) is 37.8 Å². The molecule has 2 fully saturated rings. The average molecular weight is 343 g/mol. The Morgan fingerprint density at radius 3 is 2.40 bits per heavy atom. The number of hydrogen-bond acceptors (Lipinski definition) is 2. The summed E-state index contributed by atoms with van der Waals surface area (Å²) in [5, 5.41) is 2.98. The zero-order valence-electron chi connectivity index (χ0n) is 15.2. The van der Waals surface area contributed by atoms with Gasteiger partial charge in [-0.05, 0) is 37.0 Å². The molecule has 1 aliphatic heterocycles. The Bertz CT molecular complexity index is 603. The smallest absolute Gasteiger partial charge is 0.321 e. The summed E-state index contributed by atoms with van der Waals surface area (Å²) in [7, 11) is 0. The molecular weight excluding hydrogens is 314 g/mol. The van der Waals surface area contributed by atoms with Gasteiger partial charge in [0.05, 0.1) is 0 Å². The van der Waals surface area contributed by atoms with E-state index >= 15 is 0 Å². The quantitative estimate of drug-likeness (QED) is 0.913. The van der Waals surface area contributed by atoms with Crippen molar-refractivity contribution >= 4 is 17.6 Å². The maximum absolute atomic E-state index is 12.6. The Kier molecular flexibility index (Phi) is 5.95. The molecular formula is C20H29N3O2. The minimum Gasteiger partial charge on any atom is -0.339 e. The largest absolute Gasteiger partial charge is 0.339 e. The molecule has 1 aromatic rings. The number of hydrogen-bond donors (Lipinski definition) is 1. The van der Waals surface area contributed by atoms with Crippen molar-refractivity contribution in [2.45, 2.75) is 45.4 Å². The minimum atomic E-state index is -0.0713. The number of aryl methyl sites for hydroxylation is 1. The summed E-state index contributed by atoms with van der Waals surface area (Å²) in [6, 6.07) is 7.89. The van der Waals surface area contributed by atoms with Crippen molar-refractivity contribution in [3.8, 4) is 0 Å². The van der Waals surface area contributed by atoms with Gasteiger partial charge in [0.25, 0.3) is 0 Å². The van der Waals surface area contributed by atoms with Crippen LogP contribution in [0.4, 0.5) is 10.5 Å². The van der Waals surface area contributed by atoms with Gasteiger partial charge in [0.2, 0.25) is 5.91 Å². The molecule has 5 nitrogen and oxygen atoms in total. The van der Waals surface area contributed by atoms with Gasteiger partial charge in [-0.3, -0.25) is 4.79 Å². The highest BCUT2D eigenvalue weighted by molar-refractivity contribution is 5.89. The van der Waals surface area contributed by atoms with Crippen LogP contribution in [0.5, 0.6) is 0 Å². The van der Waals surface area contributed by atoms with E-state index in [1.54, 1.807) is 0 Å². The van der Waals surface area contributed by atoms with Crippen molar-refractivity contribution in [1.29, 1.82) is 0 Å². The van der Waals surface area contributed by atoms with Crippen LogP contribution in [-0.4, -0.2) is 47.9 Å². The van der Waals surface area contributed by atoms with Gasteiger partial charge in [-0.25, -0.2) is 4.79 Å². The fourth-order valence-electron chi connectivity index (χ4n) is 3.81. The lowest BCUT2D eigenvalue weighted by molar-refractivity contribution is -0.137. The molecule has 1 saturated carbocycles. The first-order valence-corrected chi connectivity index (χ1v) is 9.61. The molecule has 1 heterocycles. The SMILES string of the molecule is CCc1cccc(NC(=O)N2CCN(C(=O)C3CCCCC3)CC2)c1. The summed E-state index contributed by atoms with van der Waals surface area (Å²) < 4.78 is 0. The molecule has 0 bridgehead atoms. The summed E-state index contributed by atoms with van der Waals surface area (Å²) in [5.41, 5.74) is 2.05. The average Bonchev–Trinajstić information content (AvgIpc) is 2.68. The van der Waals surface area contributed by atoms with Gasteiger partial charge in [-0.2, -0.15) is 0 Å². The maximum atomic E-state index is 12.6. The zero-order chi connectivity index (χ0) is 17.6. The van der Waals surface area contributed by atoms with Crippen molar-refractivity contribution < 1.29 is 9.59 Å². The number of piperazine rings is 1. The second-order valence-electron chi connectivity index (χ2n) is 7.13. The van der Waals surface area contributed by atoms with Crippen LogP contribution < -0.4 is 5.32 Å². The van der Waals surface area contributed by atoms with Crippen LogP contribution in [0.3, 0.4) is 0 Å². The molecule has 3 amide bonds. The first-order valence-electron chi connectivity index (χ1n) is 9.61. The van der Waals surface area contributed by atoms with Crippen LogP contribution in [-0.2, 0) is 11.2 Å². The molecule has 0 unspecified atom stereocenters. The molecule has 0 spiro atoms. The van der Waals surface area contributed by atoms with Gasteiger partial charge < -0.3 is 15.1 Å². The fraction of sp³-hybridized carbons (Fsp3) is 0.600. The van der Waals surface area contributed by atoms with Gasteiger partial charge in [-0.15, -0.1) is 0 Å². The number of urea groups is 1. The van der Waals surface area contributed by atoms with E-state index in [0.29, 0.717) is 32.1 Å². The number of amides is 3. The molecule has 2 aliphatic rings. The first kappa shape index (κ1) is 17.8. The molecule has 1 saturated heterocycles. The number of rotatable bonds is 3. The highest BCUT2D eigenvalue weighted by atomic mass is 16.2. The Balaban J connectivity index is 1.49. The zero-order valence-corrected chi connectivity index (χ0v) is 15.2. The second-order valence-corrected chi connectivity index (χ2v) is 7.13. The van der Waals surface area contributed by atoms with E-state index < -0.39 is 0 Å². The minimum absolute atomic E-state index is 0.0713. The second kappa shape index (κ2) is 8.37. The summed E-state index contributed by atoms with van der Waals surface area (Å²) in [6.07, 6.45) is 6.63. The molecule has 136 valence electrons. The van der Waals surface area contributed by atoms with E-state index in [1.807, 2.05) is 28.0 Å². The summed E-state index contributed by atoms with van der Waals surface area (Å²) in [4.78, 5) is 28.8. The predicted molar refractivity (Wildman–Crippen MR) is 99.6 cm³/mol. The third-order valence-electron chi connectivity index (χ3n) is 5.42. The van der Waals surface area contributed by atoms with Crippen molar-refractivity contribution in [2.24, 2.45) is 5.92 Å². The van der Waals surface area contributed by atoms with Crippen molar-refractivity contribution in [3.63, 3.8) is 0 Å². The molecule has 1 N–H and O–H groups in total. The molecule has 5 heteroatoms. The van der Waals surface area contributed by atoms with Gasteiger partial charge in [-0.1, -0.05) is 38.3 Å². The van der Waals surface area contributed by atoms with Crippen molar-refractivity contribution in [2.75, 3.05) is 31.5 Å². The lowest BCUT2D eigenvalue weighted by atomic mass is 9.88. The van der Waals surface area contributed by atoms with Crippen LogP contribution in [0, 0.1) is 5.92 Å². The molecule has 25 heavy (non-hydrogen) atoms. The van der Waals surface area contributed by atoms with Gasteiger partial charge >= 0.3 is 6.03 Å². The van der Waals surface area contributed by atoms with E-state index in [0.717, 1.165) is 24.9 Å². The highest BCUT2D eigenvalue weighted by Crippen LogP contribution is 2.26. The van der Waals surface area contributed by atoms with E-state index in [9.17, 15) is 9.59 Å². The highest BCUT2D eigenvalue weighted by Gasteiger charge is 2.29. The Hall–Kier alpha value is -2.04. The number of carbonyl (C=O) groups is 2. The number of nitrogens with zero attached hydrogens (tertiary/aromatic N) is 2. The molecule has 0 radical (unpaired) electrons. The standard InChI is InChI=1S/C20H29N3O2/c1-2-16-7-6-10-18(15-16)21-20(25)23-13-11-22(12-14-23)19(24)17-8-4-3-5-9-17/h6-7,10,15,17H,2-5,8-9,11-14H2,1H3,(H,21,25). The predicted octanol–water partition coefficient (Wildman–Crippen LogP) is 3.51. The lowest BCUT2D eigenvalue weighted by Crippen LogP contribution is -2.53. The third kappa shape index (κ3) is 4.53. The third-order valence-corrected chi connectivity index (χ3v) is 5.42. The number of anilines is 1. The molecule has 0 atom stereocenters. The normalized spacial score (nSPS) is 18.9. The van der Waals surface area contributed by atoms with Crippen LogP contribution in [0.2, 0.25) is 0 Å². The van der Waals surface area contributed by atoms with Crippen molar-refractivity contribution in [1.82, 2.24) is 9.80 Å². The fourth-order valence-corrected chi connectivity index (χ4v) is 3.81. The number of carbonyl (C=O) groups excluding carboxylic acids is 2. The molecule has 1 aromatic carbocycles. The van der Waals surface area contributed by atoms with Crippen LogP contribution in [0.25, 0.3) is 0 Å². The Morgan fingerprint density at radius 2 is 1.72 bits per heavy atom.